The summed E-state index contributed by atoms with van der Waals surface area (Å²) >= 11 is 2.33. The molecule has 0 fully saturated rings. The second kappa shape index (κ2) is 6.30. The summed E-state index contributed by atoms with van der Waals surface area (Å²) in [7, 11) is 0. The first-order valence-electron chi connectivity index (χ1n) is 7.53. The monoisotopic (exact) mass is 393 g/mol. The minimum Gasteiger partial charge on any atom is -0.369 e. The molecule has 1 aliphatic carbocycles. The number of anilines is 1. The van der Waals surface area contributed by atoms with Crippen molar-refractivity contribution in [2.24, 2.45) is 0 Å². The number of nitrogens with one attached hydrogen (secondary N) is 1. The lowest BCUT2D eigenvalue weighted by Crippen LogP contribution is -2.17. The molecule has 4 heteroatoms. The highest BCUT2D eigenvalue weighted by Gasteiger charge is 2.23. The van der Waals surface area contributed by atoms with E-state index in [0.29, 0.717) is 5.92 Å². The van der Waals surface area contributed by atoms with Crippen LogP contribution in [0, 0.1) is 10.5 Å². The maximum Gasteiger partial charge on any atom is 0.143 e. The van der Waals surface area contributed by atoms with E-state index in [1.807, 2.05) is 0 Å². The van der Waals surface area contributed by atoms with Gasteiger partial charge >= 0.3 is 0 Å². The van der Waals surface area contributed by atoms with Crippen molar-refractivity contribution >= 4 is 28.4 Å². The number of hydrogen-bond acceptors (Lipinski definition) is 3. The Kier molecular flexibility index (Phi) is 4.42. The summed E-state index contributed by atoms with van der Waals surface area (Å²) in [4.78, 5) is 9.54. The number of halogens is 1. The van der Waals surface area contributed by atoms with E-state index in [1.165, 1.54) is 11.1 Å². The van der Waals surface area contributed by atoms with Crippen molar-refractivity contribution in [2.75, 3.05) is 11.9 Å². The molecule has 21 heavy (non-hydrogen) atoms. The normalized spacial score (nSPS) is 17.4. The molecular weight excluding hydrogens is 373 g/mol. The van der Waals surface area contributed by atoms with Crippen molar-refractivity contribution in [1.29, 1.82) is 0 Å². The second-order valence-electron chi connectivity index (χ2n) is 5.57. The minimum atomic E-state index is 0.438. The van der Waals surface area contributed by atoms with Crippen LogP contribution in [0.5, 0.6) is 0 Å². The third-order valence-corrected chi connectivity index (χ3v) is 5.38. The van der Waals surface area contributed by atoms with Gasteiger partial charge in [0.05, 0.1) is 9.26 Å². The zero-order valence-electron chi connectivity index (χ0n) is 12.5. The van der Waals surface area contributed by atoms with Gasteiger partial charge in [-0.15, -0.1) is 0 Å². The standard InChI is InChI=1S/C17H20IN3/c1-3-19-17-15(18)11(2)20-16(21-17)14-9-8-12-6-4-5-7-13(12)10-14/h4-7,14H,3,8-10H2,1-2H3,(H,19,20,21). The molecule has 1 aromatic carbocycles. The summed E-state index contributed by atoms with van der Waals surface area (Å²) in [6.45, 7) is 5.06. The van der Waals surface area contributed by atoms with Crippen molar-refractivity contribution in [1.82, 2.24) is 9.97 Å². The van der Waals surface area contributed by atoms with Gasteiger partial charge < -0.3 is 5.32 Å². The smallest absolute Gasteiger partial charge is 0.143 e. The fourth-order valence-electron chi connectivity index (χ4n) is 2.97. The second-order valence-corrected chi connectivity index (χ2v) is 6.65. The molecule has 1 heterocycles. The third kappa shape index (κ3) is 3.05. The van der Waals surface area contributed by atoms with E-state index in [0.717, 1.165) is 46.7 Å². The predicted molar refractivity (Wildman–Crippen MR) is 94.9 cm³/mol. The van der Waals surface area contributed by atoms with Gasteiger partial charge in [-0.2, -0.15) is 0 Å². The minimum absolute atomic E-state index is 0.438. The molecule has 0 saturated carbocycles. The Labute approximate surface area is 139 Å². The Balaban J connectivity index is 1.91. The van der Waals surface area contributed by atoms with Crippen LogP contribution in [0.2, 0.25) is 0 Å². The van der Waals surface area contributed by atoms with E-state index >= 15 is 0 Å². The quantitative estimate of drug-likeness (QED) is 0.799. The van der Waals surface area contributed by atoms with Gasteiger partial charge in [-0.1, -0.05) is 24.3 Å². The van der Waals surface area contributed by atoms with Crippen LogP contribution in [0.15, 0.2) is 24.3 Å². The highest BCUT2D eigenvalue weighted by Crippen LogP contribution is 2.32. The van der Waals surface area contributed by atoms with Crippen LogP contribution < -0.4 is 5.32 Å². The first kappa shape index (κ1) is 14.8. The van der Waals surface area contributed by atoms with Crippen molar-refractivity contribution in [2.45, 2.75) is 39.0 Å². The topological polar surface area (TPSA) is 37.8 Å². The fraction of sp³-hybridized carbons (Fsp3) is 0.412. The summed E-state index contributed by atoms with van der Waals surface area (Å²) in [6, 6.07) is 8.75. The van der Waals surface area contributed by atoms with Crippen LogP contribution in [0.4, 0.5) is 5.82 Å². The summed E-state index contributed by atoms with van der Waals surface area (Å²) in [6.07, 6.45) is 3.33. The number of nitrogens with zero attached hydrogens (tertiary/aromatic N) is 2. The third-order valence-electron chi connectivity index (χ3n) is 4.09. The molecule has 1 aliphatic rings. The molecule has 0 amide bonds. The molecule has 1 aromatic heterocycles. The maximum atomic E-state index is 4.79. The lowest BCUT2D eigenvalue weighted by molar-refractivity contribution is 0.553. The molecule has 3 rings (SSSR count). The number of rotatable bonds is 3. The summed E-state index contributed by atoms with van der Waals surface area (Å²) in [5, 5.41) is 3.36. The van der Waals surface area contributed by atoms with E-state index in [4.69, 9.17) is 9.97 Å². The molecule has 1 atom stereocenters. The number of hydrogen-bond donors (Lipinski definition) is 1. The SMILES string of the molecule is CCNc1nc(C2CCc3ccccc3C2)nc(C)c1I. The average molecular weight is 393 g/mol. The molecule has 2 aromatic rings. The maximum absolute atomic E-state index is 4.79. The molecule has 0 saturated heterocycles. The molecule has 3 nitrogen and oxygen atoms in total. The lowest BCUT2D eigenvalue weighted by Gasteiger charge is -2.24. The molecule has 0 spiro atoms. The van der Waals surface area contributed by atoms with Crippen molar-refractivity contribution in [3.8, 4) is 0 Å². The number of benzene rings is 1. The van der Waals surface area contributed by atoms with Gasteiger partial charge in [0.25, 0.3) is 0 Å². The number of fused-ring (bicyclic) bond motifs is 1. The van der Waals surface area contributed by atoms with Crippen molar-refractivity contribution < 1.29 is 0 Å². The fourth-order valence-corrected chi connectivity index (χ4v) is 3.40. The van der Waals surface area contributed by atoms with Gasteiger partial charge in [0, 0.05) is 12.5 Å². The molecule has 0 radical (unpaired) electrons. The number of aryl methyl sites for hydroxylation is 2. The Hall–Kier alpha value is -1.17. The van der Waals surface area contributed by atoms with Crippen molar-refractivity contribution in [3.63, 3.8) is 0 Å². The van der Waals surface area contributed by atoms with E-state index in [-0.39, 0.29) is 0 Å². The van der Waals surface area contributed by atoms with E-state index in [1.54, 1.807) is 0 Å². The highest BCUT2D eigenvalue weighted by molar-refractivity contribution is 14.1. The molecule has 0 aliphatic heterocycles. The van der Waals surface area contributed by atoms with Gasteiger partial charge in [-0.25, -0.2) is 9.97 Å². The summed E-state index contributed by atoms with van der Waals surface area (Å²) in [5.41, 5.74) is 4.02. The first-order valence-corrected chi connectivity index (χ1v) is 8.61. The highest BCUT2D eigenvalue weighted by atomic mass is 127. The van der Waals surface area contributed by atoms with Crippen LogP contribution in [-0.4, -0.2) is 16.5 Å². The van der Waals surface area contributed by atoms with Gasteiger partial charge in [0.15, 0.2) is 0 Å². The van der Waals surface area contributed by atoms with Crippen LogP contribution in [0.3, 0.4) is 0 Å². The summed E-state index contributed by atoms with van der Waals surface area (Å²) in [5.74, 6) is 2.42. The first-order chi connectivity index (χ1) is 10.2. The van der Waals surface area contributed by atoms with Crippen LogP contribution in [-0.2, 0) is 12.8 Å². The van der Waals surface area contributed by atoms with Crippen LogP contribution in [0.25, 0.3) is 0 Å². The lowest BCUT2D eigenvalue weighted by atomic mass is 9.83. The Bertz CT molecular complexity index is 654. The van der Waals surface area contributed by atoms with Gasteiger partial charge in [0.2, 0.25) is 0 Å². The van der Waals surface area contributed by atoms with E-state index < -0.39 is 0 Å². The van der Waals surface area contributed by atoms with Gasteiger partial charge in [0.1, 0.15) is 11.6 Å². The number of aromatic nitrogens is 2. The molecule has 1 unspecified atom stereocenters. The van der Waals surface area contributed by atoms with Crippen molar-refractivity contribution in [3.05, 3.63) is 50.5 Å². The predicted octanol–water partition coefficient (Wildman–Crippen LogP) is 4.09. The Morgan fingerprint density at radius 2 is 2.00 bits per heavy atom. The average Bonchev–Trinajstić information content (AvgIpc) is 2.51. The van der Waals surface area contributed by atoms with Gasteiger partial charge in [-0.05, 0) is 66.8 Å². The molecular formula is C17H20IN3. The van der Waals surface area contributed by atoms with Crippen LogP contribution in [0.1, 0.15) is 41.9 Å². The molecule has 0 bridgehead atoms. The zero-order valence-corrected chi connectivity index (χ0v) is 14.6. The molecule has 110 valence electrons. The summed E-state index contributed by atoms with van der Waals surface area (Å²) < 4.78 is 1.13. The zero-order chi connectivity index (χ0) is 14.8. The van der Waals surface area contributed by atoms with E-state index in [9.17, 15) is 0 Å². The van der Waals surface area contributed by atoms with Gasteiger partial charge in [-0.3, -0.25) is 0 Å². The Morgan fingerprint density at radius 1 is 1.24 bits per heavy atom. The molecule has 1 N–H and O–H groups in total. The Morgan fingerprint density at radius 3 is 2.76 bits per heavy atom. The van der Waals surface area contributed by atoms with Crippen LogP contribution >= 0.6 is 22.6 Å². The van der Waals surface area contributed by atoms with E-state index in [2.05, 4.69) is 66.0 Å². The largest absolute Gasteiger partial charge is 0.369 e.